The van der Waals surface area contributed by atoms with Crippen molar-refractivity contribution >= 4 is 35.1 Å². The average Bonchev–Trinajstić information content (AvgIpc) is 2.61. The third-order valence-corrected chi connectivity index (χ3v) is 4.05. The van der Waals surface area contributed by atoms with E-state index in [9.17, 15) is 24.8 Å². The molecule has 0 saturated carbocycles. The number of nitro groups is 1. The van der Waals surface area contributed by atoms with Gasteiger partial charge in [0.2, 0.25) is 0 Å². The van der Waals surface area contributed by atoms with E-state index in [4.69, 9.17) is 0 Å². The number of carbonyl (C=O) groups excluding carboxylic acids is 1. The van der Waals surface area contributed by atoms with Crippen LogP contribution in [0.3, 0.4) is 0 Å². The van der Waals surface area contributed by atoms with Crippen LogP contribution < -0.4 is 15.1 Å². The van der Waals surface area contributed by atoms with E-state index in [0.29, 0.717) is 5.56 Å². The number of carboxylic acid groups (broad SMARTS) is 1. The number of nitrogens with zero attached hydrogens (tertiary/aromatic N) is 5. The molecule has 11 nitrogen and oxygen atoms in total. The molecule has 0 aliphatic heterocycles. The number of urea groups is 1. The fourth-order valence-corrected chi connectivity index (χ4v) is 2.53. The van der Waals surface area contributed by atoms with Crippen LogP contribution in [0, 0.1) is 17.0 Å². The molecule has 0 radical (unpaired) electrons. The highest BCUT2D eigenvalue weighted by molar-refractivity contribution is 6.01. The molecule has 0 unspecified atom stereocenters. The lowest BCUT2D eigenvalue weighted by atomic mass is 10.1. The molecule has 1 aromatic carbocycles. The number of non-ortho nitro benzene ring substituents is 1. The minimum Gasteiger partial charge on any atom is -0.465 e. The van der Waals surface area contributed by atoms with Crippen molar-refractivity contribution in [2.75, 3.05) is 22.2 Å². The van der Waals surface area contributed by atoms with Crippen LogP contribution in [-0.2, 0) is 0 Å². The molecule has 0 saturated heterocycles. The minimum absolute atomic E-state index is 0.112. The lowest BCUT2D eigenvalue weighted by Gasteiger charge is -2.32. The van der Waals surface area contributed by atoms with Crippen molar-refractivity contribution < 1.29 is 19.6 Å². The Kier molecular flexibility index (Phi) is 6.01. The van der Waals surface area contributed by atoms with Gasteiger partial charge in [-0.25, -0.2) is 19.6 Å². The van der Waals surface area contributed by atoms with Crippen molar-refractivity contribution in [2.45, 2.75) is 33.2 Å². The Morgan fingerprint density at radius 1 is 1.17 bits per heavy atom. The van der Waals surface area contributed by atoms with Crippen LogP contribution in [0.4, 0.5) is 32.6 Å². The molecule has 0 atom stereocenters. The van der Waals surface area contributed by atoms with Crippen molar-refractivity contribution in [2.24, 2.45) is 0 Å². The molecule has 0 spiro atoms. The number of aryl methyl sites for hydroxylation is 1. The van der Waals surface area contributed by atoms with E-state index in [1.807, 2.05) is 0 Å². The van der Waals surface area contributed by atoms with Gasteiger partial charge in [-0.1, -0.05) is 6.07 Å². The lowest BCUT2D eigenvalue weighted by molar-refractivity contribution is -0.384. The SMILES string of the molecule is Cc1ccc([N+](=O)[O-])cc1NC(=O)N(C)c1cc(N(C(=O)O)C(C)(C)C)ncn1. The first-order valence-corrected chi connectivity index (χ1v) is 8.56. The van der Waals surface area contributed by atoms with Crippen LogP contribution in [0.25, 0.3) is 0 Å². The molecular formula is C18H22N6O5. The fraction of sp³-hybridized carbons (Fsp3) is 0.333. The van der Waals surface area contributed by atoms with E-state index >= 15 is 0 Å². The number of carbonyl (C=O) groups is 2. The van der Waals surface area contributed by atoms with Gasteiger partial charge in [0.15, 0.2) is 0 Å². The number of nitrogens with one attached hydrogen (secondary N) is 1. The Balaban J connectivity index is 2.30. The van der Waals surface area contributed by atoms with Crippen LogP contribution >= 0.6 is 0 Å². The third kappa shape index (κ3) is 4.94. The number of hydrogen-bond acceptors (Lipinski definition) is 6. The van der Waals surface area contributed by atoms with Gasteiger partial charge in [0, 0.05) is 30.8 Å². The summed E-state index contributed by atoms with van der Waals surface area (Å²) in [6.45, 7) is 6.84. The van der Waals surface area contributed by atoms with Crippen molar-refractivity contribution in [3.05, 3.63) is 46.3 Å². The third-order valence-electron chi connectivity index (χ3n) is 4.05. The topological polar surface area (TPSA) is 142 Å². The molecule has 154 valence electrons. The predicted octanol–water partition coefficient (Wildman–Crippen LogP) is 3.64. The molecule has 11 heteroatoms. The summed E-state index contributed by atoms with van der Waals surface area (Å²) in [7, 11) is 1.44. The quantitative estimate of drug-likeness (QED) is 0.587. The minimum atomic E-state index is -1.19. The molecule has 0 fully saturated rings. The van der Waals surface area contributed by atoms with Gasteiger partial charge in [0.1, 0.15) is 18.0 Å². The number of rotatable bonds is 4. The first kappa shape index (κ1) is 21.5. The fourth-order valence-electron chi connectivity index (χ4n) is 2.53. The number of aromatic nitrogens is 2. The summed E-state index contributed by atoms with van der Waals surface area (Å²) < 4.78 is 0. The molecule has 0 aliphatic carbocycles. The van der Waals surface area contributed by atoms with Crippen molar-refractivity contribution in [1.82, 2.24) is 9.97 Å². The maximum atomic E-state index is 12.6. The Bertz CT molecular complexity index is 956. The summed E-state index contributed by atoms with van der Waals surface area (Å²) in [5.41, 5.74) is 0.0103. The zero-order chi connectivity index (χ0) is 21.9. The average molecular weight is 402 g/mol. The Hall–Kier alpha value is -3.76. The Labute approximate surface area is 167 Å². The van der Waals surface area contributed by atoms with Crippen LogP contribution in [0.1, 0.15) is 26.3 Å². The van der Waals surface area contributed by atoms with Gasteiger partial charge in [-0.3, -0.25) is 19.9 Å². The van der Waals surface area contributed by atoms with Crippen molar-refractivity contribution in [3.8, 4) is 0 Å². The number of amides is 3. The second kappa shape index (κ2) is 8.09. The van der Waals surface area contributed by atoms with Crippen LogP contribution in [0.5, 0.6) is 0 Å². The first-order chi connectivity index (χ1) is 13.4. The van der Waals surface area contributed by atoms with Gasteiger partial charge in [-0.05, 0) is 33.3 Å². The molecule has 2 N–H and O–H groups in total. The van der Waals surface area contributed by atoms with Crippen molar-refractivity contribution in [1.29, 1.82) is 0 Å². The zero-order valence-corrected chi connectivity index (χ0v) is 16.7. The normalized spacial score (nSPS) is 10.9. The van der Waals surface area contributed by atoms with E-state index in [2.05, 4.69) is 15.3 Å². The number of benzene rings is 1. The van der Waals surface area contributed by atoms with Crippen LogP contribution in [0.15, 0.2) is 30.6 Å². The molecule has 2 aromatic rings. The molecule has 29 heavy (non-hydrogen) atoms. The summed E-state index contributed by atoms with van der Waals surface area (Å²) in [5.74, 6) is 0.271. The molecule has 0 bridgehead atoms. The Morgan fingerprint density at radius 3 is 2.34 bits per heavy atom. The van der Waals surface area contributed by atoms with Crippen LogP contribution in [-0.4, -0.2) is 44.7 Å². The maximum Gasteiger partial charge on any atom is 0.413 e. The highest BCUT2D eigenvalue weighted by Gasteiger charge is 2.29. The van der Waals surface area contributed by atoms with E-state index in [-0.39, 0.29) is 23.0 Å². The zero-order valence-electron chi connectivity index (χ0n) is 16.7. The summed E-state index contributed by atoms with van der Waals surface area (Å²) in [6.07, 6.45) is -0.0316. The summed E-state index contributed by atoms with van der Waals surface area (Å²) in [5, 5.41) is 23.1. The highest BCUT2D eigenvalue weighted by atomic mass is 16.6. The first-order valence-electron chi connectivity index (χ1n) is 8.56. The van der Waals surface area contributed by atoms with Gasteiger partial charge < -0.3 is 10.4 Å². The molecular weight excluding hydrogens is 380 g/mol. The van der Waals surface area contributed by atoms with E-state index in [0.717, 1.165) is 16.1 Å². The Morgan fingerprint density at radius 2 is 1.79 bits per heavy atom. The second-order valence-corrected chi connectivity index (χ2v) is 7.27. The van der Waals surface area contributed by atoms with Gasteiger partial charge in [0.25, 0.3) is 5.69 Å². The summed E-state index contributed by atoms with van der Waals surface area (Å²) >= 11 is 0. The molecule has 1 aromatic heterocycles. The lowest BCUT2D eigenvalue weighted by Crippen LogP contribution is -2.45. The monoisotopic (exact) mass is 402 g/mol. The number of anilines is 3. The maximum absolute atomic E-state index is 12.6. The standard InChI is InChI=1S/C18H22N6O5/c1-11-6-7-12(24(28)29)8-13(11)21-16(25)22(5)14-9-15(20-10-19-14)23(17(26)27)18(2,3)4/h6-10H,1-5H3,(H,21,25)(H,26,27). The predicted molar refractivity (Wildman–Crippen MR) is 108 cm³/mol. The van der Waals surface area contributed by atoms with Crippen molar-refractivity contribution in [3.63, 3.8) is 0 Å². The van der Waals surface area contributed by atoms with Gasteiger partial charge in [-0.15, -0.1) is 0 Å². The van der Waals surface area contributed by atoms with Gasteiger partial charge >= 0.3 is 12.1 Å². The van der Waals surface area contributed by atoms with E-state index in [1.165, 1.54) is 31.3 Å². The van der Waals surface area contributed by atoms with Gasteiger partial charge in [0.05, 0.1) is 10.6 Å². The highest BCUT2D eigenvalue weighted by Crippen LogP contribution is 2.26. The largest absolute Gasteiger partial charge is 0.465 e. The molecule has 2 rings (SSSR count). The molecule has 0 aliphatic rings. The molecule has 1 heterocycles. The molecule has 3 amide bonds. The summed E-state index contributed by atoms with van der Waals surface area (Å²) in [4.78, 5) is 44.9. The summed E-state index contributed by atoms with van der Waals surface area (Å²) in [6, 6.07) is 4.91. The van der Waals surface area contributed by atoms with Gasteiger partial charge in [-0.2, -0.15) is 0 Å². The smallest absolute Gasteiger partial charge is 0.413 e. The van der Waals surface area contributed by atoms with E-state index < -0.39 is 22.6 Å². The number of nitro benzene ring substituents is 1. The van der Waals surface area contributed by atoms with Crippen LogP contribution in [0.2, 0.25) is 0 Å². The second-order valence-electron chi connectivity index (χ2n) is 7.27. The van der Waals surface area contributed by atoms with E-state index in [1.54, 1.807) is 27.7 Å². The number of hydrogen-bond donors (Lipinski definition) is 2.